The van der Waals surface area contributed by atoms with Gasteiger partial charge in [-0.25, -0.2) is 0 Å². The van der Waals surface area contributed by atoms with Gasteiger partial charge in [-0.1, -0.05) is 0 Å². The van der Waals surface area contributed by atoms with Crippen molar-refractivity contribution in [1.82, 2.24) is 9.88 Å². The van der Waals surface area contributed by atoms with E-state index in [1.807, 2.05) is 0 Å². The number of aromatic nitrogens is 1. The first-order valence-electron chi connectivity index (χ1n) is 5.75. The van der Waals surface area contributed by atoms with Crippen LogP contribution in [0.3, 0.4) is 0 Å². The lowest BCUT2D eigenvalue weighted by molar-refractivity contribution is 0.0657. The predicted molar refractivity (Wildman–Crippen MR) is 68.6 cm³/mol. The lowest BCUT2D eigenvalue weighted by Gasteiger charge is -2.22. The Kier molecular flexibility index (Phi) is 6.10. The van der Waals surface area contributed by atoms with E-state index >= 15 is 0 Å². The van der Waals surface area contributed by atoms with E-state index in [0.717, 1.165) is 0 Å². The van der Waals surface area contributed by atoms with Gasteiger partial charge in [0.25, 0.3) is 5.91 Å². The number of nitrogens with zero attached hydrogens (tertiary/aromatic N) is 2. The van der Waals surface area contributed by atoms with Crippen LogP contribution in [0.1, 0.15) is 10.4 Å². The summed E-state index contributed by atoms with van der Waals surface area (Å²) < 4.78 is 4.96. The zero-order valence-corrected chi connectivity index (χ0v) is 10.7. The van der Waals surface area contributed by atoms with E-state index in [9.17, 15) is 4.79 Å². The molecule has 0 aliphatic heterocycles. The second-order valence-corrected chi connectivity index (χ2v) is 3.68. The van der Waals surface area contributed by atoms with E-state index in [4.69, 9.17) is 9.84 Å². The summed E-state index contributed by atoms with van der Waals surface area (Å²) in [7, 11) is 3.31. The number of anilines is 1. The van der Waals surface area contributed by atoms with Crippen LogP contribution in [0, 0.1) is 0 Å². The molecule has 100 valence electrons. The van der Waals surface area contributed by atoms with Gasteiger partial charge in [0.15, 0.2) is 0 Å². The summed E-state index contributed by atoms with van der Waals surface area (Å²) >= 11 is 0. The average molecular weight is 253 g/mol. The first kappa shape index (κ1) is 14.4. The Balaban J connectivity index is 2.86. The summed E-state index contributed by atoms with van der Waals surface area (Å²) in [6, 6.07) is 1.66. The molecule has 1 heterocycles. The molecule has 0 spiro atoms. The van der Waals surface area contributed by atoms with Gasteiger partial charge in [0.05, 0.1) is 30.7 Å². The molecule has 6 nitrogen and oxygen atoms in total. The molecule has 1 aromatic rings. The van der Waals surface area contributed by atoms with Crippen molar-refractivity contribution >= 4 is 11.6 Å². The van der Waals surface area contributed by atoms with Crippen molar-refractivity contribution in [1.29, 1.82) is 0 Å². The van der Waals surface area contributed by atoms with Crippen molar-refractivity contribution in [3.05, 3.63) is 24.0 Å². The minimum Gasteiger partial charge on any atom is -0.395 e. The molecule has 2 N–H and O–H groups in total. The molecule has 0 bridgehead atoms. The van der Waals surface area contributed by atoms with Crippen molar-refractivity contribution in [2.75, 3.05) is 45.8 Å². The Morgan fingerprint density at radius 3 is 2.94 bits per heavy atom. The number of hydrogen-bond acceptors (Lipinski definition) is 5. The molecular formula is C12H19N3O3. The number of nitrogens with one attached hydrogen (secondary N) is 1. The standard InChI is InChI=1S/C12H19N3O3/c1-13-11-9-14-4-3-10(11)12(17)15(5-7-16)6-8-18-2/h3-4,9,13,16H,5-8H2,1-2H3. The second-order valence-electron chi connectivity index (χ2n) is 3.68. The Hall–Kier alpha value is -1.66. The highest BCUT2D eigenvalue weighted by molar-refractivity contribution is 5.99. The molecule has 0 atom stereocenters. The summed E-state index contributed by atoms with van der Waals surface area (Å²) in [6.45, 7) is 1.09. The van der Waals surface area contributed by atoms with Crippen LogP contribution >= 0.6 is 0 Å². The molecule has 1 amide bonds. The fourth-order valence-corrected chi connectivity index (χ4v) is 1.59. The predicted octanol–water partition coefficient (Wildman–Crippen LogP) is 0.204. The number of aliphatic hydroxyl groups is 1. The number of carbonyl (C=O) groups excluding carboxylic acids is 1. The SMILES string of the molecule is CNc1cnccc1C(=O)N(CCO)CCOC. The number of amides is 1. The van der Waals surface area contributed by atoms with Crippen LogP contribution in [0.15, 0.2) is 18.5 Å². The van der Waals surface area contributed by atoms with Crippen molar-refractivity contribution in [2.24, 2.45) is 0 Å². The fourth-order valence-electron chi connectivity index (χ4n) is 1.59. The van der Waals surface area contributed by atoms with Crippen molar-refractivity contribution in [3.8, 4) is 0 Å². The molecule has 6 heteroatoms. The molecule has 1 rings (SSSR count). The Bertz CT molecular complexity index is 385. The number of ether oxygens (including phenoxy) is 1. The lowest BCUT2D eigenvalue weighted by atomic mass is 10.2. The van der Waals surface area contributed by atoms with Gasteiger partial charge in [-0.05, 0) is 6.07 Å². The number of methoxy groups -OCH3 is 1. The minimum atomic E-state index is -0.146. The van der Waals surface area contributed by atoms with E-state index in [-0.39, 0.29) is 19.1 Å². The third kappa shape index (κ3) is 3.68. The first-order chi connectivity index (χ1) is 8.74. The lowest BCUT2D eigenvalue weighted by Crippen LogP contribution is -2.36. The maximum absolute atomic E-state index is 12.3. The van der Waals surface area contributed by atoms with Crippen LogP contribution in [-0.4, -0.2) is 61.4 Å². The van der Waals surface area contributed by atoms with Gasteiger partial charge >= 0.3 is 0 Å². The highest BCUT2D eigenvalue weighted by Crippen LogP contribution is 2.15. The van der Waals surface area contributed by atoms with Crippen LogP contribution in [0.2, 0.25) is 0 Å². The number of pyridine rings is 1. The van der Waals surface area contributed by atoms with Crippen LogP contribution in [0.25, 0.3) is 0 Å². The number of hydrogen-bond donors (Lipinski definition) is 2. The molecule has 0 fully saturated rings. The molecule has 0 unspecified atom stereocenters. The third-order valence-corrected chi connectivity index (χ3v) is 2.54. The quantitative estimate of drug-likeness (QED) is 0.726. The molecule has 18 heavy (non-hydrogen) atoms. The van der Waals surface area contributed by atoms with Gasteiger partial charge in [-0.3, -0.25) is 9.78 Å². The van der Waals surface area contributed by atoms with E-state index < -0.39 is 0 Å². The van der Waals surface area contributed by atoms with E-state index in [2.05, 4.69) is 10.3 Å². The second kappa shape index (κ2) is 7.62. The van der Waals surface area contributed by atoms with Crippen LogP contribution in [0.4, 0.5) is 5.69 Å². The highest BCUT2D eigenvalue weighted by Gasteiger charge is 2.17. The maximum atomic E-state index is 12.3. The zero-order chi connectivity index (χ0) is 13.4. The highest BCUT2D eigenvalue weighted by atomic mass is 16.5. The monoisotopic (exact) mass is 253 g/mol. The van der Waals surface area contributed by atoms with Gasteiger partial charge in [0.1, 0.15) is 0 Å². The van der Waals surface area contributed by atoms with Gasteiger partial charge < -0.3 is 20.1 Å². The number of aliphatic hydroxyl groups excluding tert-OH is 1. The van der Waals surface area contributed by atoms with Crippen molar-refractivity contribution < 1.29 is 14.6 Å². The van der Waals surface area contributed by atoms with Crippen LogP contribution in [-0.2, 0) is 4.74 Å². The van der Waals surface area contributed by atoms with Crippen molar-refractivity contribution in [3.63, 3.8) is 0 Å². The average Bonchev–Trinajstić information content (AvgIpc) is 2.42. The summed E-state index contributed by atoms with van der Waals surface area (Å²) in [5.41, 5.74) is 1.21. The molecular weight excluding hydrogens is 234 g/mol. The molecule has 1 aromatic heterocycles. The summed E-state index contributed by atoms with van der Waals surface area (Å²) in [4.78, 5) is 17.8. The van der Waals surface area contributed by atoms with E-state index in [1.54, 1.807) is 37.5 Å². The Morgan fingerprint density at radius 2 is 2.33 bits per heavy atom. The summed E-state index contributed by atoms with van der Waals surface area (Å²) in [5.74, 6) is -0.146. The smallest absolute Gasteiger partial charge is 0.256 e. The Labute approximate surface area is 107 Å². The molecule has 0 aliphatic carbocycles. The maximum Gasteiger partial charge on any atom is 0.256 e. The number of carbonyl (C=O) groups is 1. The molecule has 0 radical (unpaired) electrons. The molecule has 0 saturated heterocycles. The van der Waals surface area contributed by atoms with Gasteiger partial charge in [0.2, 0.25) is 0 Å². The van der Waals surface area contributed by atoms with Crippen LogP contribution < -0.4 is 5.32 Å². The van der Waals surface area contributed by atoms with Crippen molar-refractivity contribution in [2.45, 2.75) is 0 Å². The van der Waals surface area contributed by atoms with E-state index in [0.29, 0.717) is 24.4 Å². The minimum absolute atomic E-state index is 0.0740. The summed E-state index contributed by atoms with van der Waals surface area (Å²) in [6.07, 6.45) is 3.17. The Morgan fingerprint density at radius 1 is 1.56 bits per heavy atom. The molecule has 0 aromatic carbocycles. The third-order valence-electron chi connectivity index (χ3n) is 2.54. The molecule has 0 aliphatic rings. The van der Waals surface area contributed by atoms with Gasteiger partial charge in [-0.15, -0.1) is 0 Å². The largest absolute Gasteiger partial charge is 0.395 e. The molecule has 0 saturated carbocycles. The number of rotatable bonds is 7. The van der Waals surface area contributed by atoms with E-state index in [1.165, 1.54) is 0 Å². The van der Waals surface area contributed by atoms with Gasteiger partial charge in [-0.2, -0.15) is 0 Å². The van der Waals surface area contributed by atoms with Crippen LogP contribution in [0.5, 0.6) is 0 Å². The first-order valence-corrected chi connectivity index (χ1v) is 5.75. The van der Waals surface area contributed by atoms with Gasteiger partial charge in [0, 0.05) is 33.4 Å². The fraction of sp³-hybridized carbons (Fsp3) is 0.500. The normalized spacial score (nSPS) is 10.2. The summed E-state index contributed by atoms with van der Waals surface area (Å²) in [5, 5.41) is 11.9. The zero-order valence-electron chi connectivity index (χ0n) is 10.7. The topological polar surface area (TPSA) is 74.7 Å².